The predicted octanol–water partition coefficient (Wildman–Crippen LogP) is 5.29. The van der Waals surface area contributed by atoms with Gasteiger partial charge in [0.05, 0.1) is 17.1 Å². The molecule has 0 amide bonds. The first-order chi connectivity index (χ1) is 20.4. The molecule has 1 aromatic heterocycles. The molecule has 9 heteroatoms. The number of ketones is 2. The van der Waals surface area contributed by atoms with Crippen molar-refractivity contribution in [3.8, 4) is 0 Å². The number of fused-ring (bicyclic) bond motifs is 7. The Kier molecular flexibility index (Phi) is 6.59. The summed E-state index contributed by atoms with van der Waals surface area (Å²) >= 11 is 1.52. The van der Waals surface area contributed by atoms with Crippen molar-refractivity contribution in [3.63, 3.8) is 0 Å². The molecule has 6 nitrogen and oxygen atoms in total. The molecule has 2 aromatic rings. The maximum atomic E-state index is 17.5. The lowest BCUT2D eigenvalue weighted by molar-refractivity contribution is -0.234. The number of halogens is 2. The lowest BCUT2D eigenvalue weighted by atomic mass is 9.44. The molecule has 2 N–H and O–H groups in total. The molecule has 3 saturated carbocycles. The van der Waals surface area contributed by atoms with Crippen molar-refractivity contribution in [2.24, 2.45) is 22.7 Å². The van der Waals surface area contributed by atoms with Gasteiger partial charge in [0.2, 0.25) is 0 Å². The first-order valence-corrected chi connectivity index (χ1v) is 15.8. The van der Waals surface area contributed by atoms with Crippen LogP contribution in [0.1, 0.15) is 60.3 Å². The number of ether oxygens (including phenoxy) is 2. The molecule has 5 aliphatic rings. The van der Waals surface area contributed by atoms with E-state index in [-0.39, 0.29) is 24.8 Å². The van der Waals surface area contributed by atoms with Crippen LogP contribution in [-0.2, 0) is 25.5 Å². The molecule has 7 rings (SSSR count). The maximum absolute atomic E-state index is 17.5. The number of alkyl halides is 2. The van der Waals surface area contributed by atoms with Crippen LogP contribution in [-0.4, -0.2) is 58.0 Å². The normalized spacial score (nSPS) is 43.0. The zero-order chi connectivity index (χ0) is 30.5. The van der Waals surface area contributed by atoms with E-state index >= 15 is 8.78 Å². The van der Waals surface area contributed by atoms with E-state index < -0.39 is 76.8 Å². The average Bonchev–Trinajstić information content (AvgIpc) is 3.64. The number of hydrogen-bond acceptors (Lipinski definition) is 7. The Morgan fingerprint density at radius 3 is 2.70 bits per heavy atom. The molecular formula is C34H36F2O6S. The number of rotatable bonds is 5. The summed E-state index contributed by atoms with van der Waals surface area (Å²) in [6.45, 7) is 4.58. The Labute approximate surface area is 253 Å². The number of Topliss-reactive ketones (excluding diaryl/α,β-unsaturated/α-hetero) is 1. The van der Waals surface area contributed by atoms with Gasteiger partial charge < -0.3 is 19.7 Å². The fourth-order valence-electron chi connectivity index (χ4n) is 9.33. The number of carbonyl (C=O) groups excluding carboxylic acids is 2. The second-order valence-corrected chi connectivity index (χ2v) is 14.7. The highest BCUT2D eigenvalue weighted by atomic mass is 32.1. The van der Waals surface area contributed by atoms with Crippen molar-refractivity contribution >= 4 is 22.9 Å². The molecule has 10 atom stereocenters. The van der Waals surface area contributed by atoms with Crippen LogP contribution in [0.3, 0.4) is 0 Å². The van der Waals surface area contributed by atoms with Crippen LogP contribution in [0.25, 0.3) is 0 Å². The summed E-state index contributed by atoms with van der Waals surface area (Å²) in [7, 11) is 0. The van der Waals surface area contributed by atoms with Gasteiger partial charge in [0, 0.05) is 28.0 Å². The summed E-state index contributed by atoms with van der Waals surface area (Å²) in [4.78, 5) is 27.7. The van der Waals surface area contributed by atoms with E-state index in [1.165, 1.54) is 34.6 Å². The van der Waals surface area contributed by atoms with E-state index in [0.717, 1.165) is 22.3 Å². The highest BCUT2D eigenvalue weighted by molar-refractivity contribution is 7.12. The molecule has 0 radical (unpaired) electrons. The molecule has 228 valence electrons. The minimum atomic E-state index is -2.28. The zero-order valence-electron chi connectivity index (χ0n) is 24.4. The van der Waals surface area contributed by atoms with Crippen LogP contribution < -0.4 is 0 Å². The highest BCUT2D eigenvalue weighted by Crippen LogP contribution is 2.72. The standard InChI is InChI=1S/C34H36F2O6S/c1-18-5-4-6-19(11-18)12-21-7-8-26(43-21)30-41-29-15-22-23-14-25(35)24-13-20(38)9-10-31(24,2)33(23,36)27(39)16-32(22,3)34(29,42-30)28(40)17-37/h4-11,13,22-23,25,27,29-30,37,39H,12,14-17H2,1-3H3/t22-,23-,25-,27-,29+,30-,31-,32-,33-,34+/m0/s1. The Balaban J connectivity index is 1.23. The first kappa shape index (κ1) is 29.2. The third-order valence-corrected chi connectivity index (χ3v) is 12.4. The number of aliphatic hydroxyl groups excluding tert-OH is 2. The van der Waals surface area contributed by atoms with Crippen LogP contribution in [0.15, 0.2) is 60.2 Å². The van der Waals surface area contributed by atoms with E-state index in [0.29, 0.717) is 0 Å². The molecule has 1 saturated heterocycles. The van der Waals surface area contributed by atoms with E-state index in [9.17, 15) is 19.8 Å². The quantitative estimate of drug-likeness (QED) is 0.478. The second-order valence-electron chi connectivity index (χ2n) is 13.5. The van der Waals surface area contributed by atoms with Gasteiger partial charge in [-0.05, 0) is 74.4 Å². The van der Waals surface area contributed by atoms with Crippen molar-refractivity contribution in [1.29, 1.82) is 0 Å². The second kappa shape index (κ2) is 9.72. The molecular weight excluding hydrogens is 574 g/mol. The van der Waals surface area contributed by atoms with Crippen molar-refractivity contribution in [2.45, 2.75) is 82.4 Å². The van der Waals surface area contributed by atoms with E-state index in [1.807, 2.05) is 31.2 Å². The van der Waals surface area contributed by atoms with Crippen LogP contribution in [0.4, 0.5) is 8.78 Å². The van der Waals surface area contributed by atoms with Crippen LogP contribution in [0, 0.1) is 29.6 Å². The molecule has 0 spiro atoms. The van der Waals surface area contributed by atoms with Gasteiger partial charge in [0.25, 0.3) is 0 Å². The summed E-state index contributed by atoms with van der Waals surface area (Å²) in [5, 5.41) is 21.8. The predicted molar refractivity (Wildman–Crippen MR) is 156 cm³/mol. The van der Waals surface area contributed by atoms with Crippen molar-refractivity contribution in [1.82, 2.24) is 0 Å². The Morgan fingerprint density at radius 2 is 1.95 bits per heavy atom. The number of thiophene rings is 1. The Hall–Kier alpha value is -2.56. The third kappa shape index (κ3) is 3.81. The smallest absolute Gasteiger partial charge is 0.194 e. The fourth-order valence-corrected chi connectivity index (χ4v) is 10.3. The molecule has 4 aliphatic carbocycles. The van der Waals surface area contributed by atoms with E-state index in [2.05, 4.69) is 12.1 Å². The fraction of sp³-hybridized carbons (Fsp3) is 0.529. The van der Waals surface area contributed by atoms with Gasteiger partial charge in [-0.1, -0.05) is 42.8 Å². The molecule has 4 fully saturated rings. The number of hydrogen-bond donors (Lipinski definition) is 2. The van der Waals surface area contributed by atoms with E-state index in [1.54, 1.807) is 13.8 Å². The van der Waals surface area contributed by atoms with Gasteiger partial charge in [-0.15, -0.1) is 11.3 Å². The number of carbonyl (C=O) groups is 2. The average molecular weight is 611 g/mol. The third-order valence-electron chi connectivity index (χ3n) is 11.3. The molecule has 43 heavy (non-hydrogen) atoms. The summed E-state index contributed by atoms with van der Waals surface area (Å²) in [6.07, 6.45) is -0.476. The molecule has 0 unspecified atom stereocenters. The zero-order valence-corrected chi connectivity index (χ0v) is 25.2. The van der Waals surface area contributed by atoms with E-state index in [4.69, 9.17) is 9.47 Å². The van der Waals surface area contributed by atoms with Gasteiger partial charge in [-0.25, -0.2) is 8.78 Å². The van der Waals surface area contributed by atoms with Gasteiger partial charge in [0.15, 0.2) is 29.1 Å². The Bertz CT molecular complexity index is 1570. The summed E-state index contributed by atoms with van der Waals surface area (Å²) in [5.74, 6) is -2.54. The Morgan fingerprint density at radius 1 is 1.16 bits per heavy atom. The van der Waals surface area contributed by atoms with Crippen molar-refractivity contribution in [2.75, 3.05) is 6.61 Å². The summed E-state index contributed by atoms with van der Waals surface area (Å²) in [5.41, 5.74) is -4.18. The number of aryl methyl sites for hydroxylation is 1. The highest BCUT2D eigenvalue weighted by Gasteiger charge is 2.80. The number of aliphatic hydroxyl groups is 2. The summed E-state index contributed by atoms with van der Waals surface area (Å²) in [6, 6.07) is 12.2. The largest absolute Gasteiger partial charge is 0.390 e. The van der Waals surface area contributed by atoms with Gasteiger partial charge in [-0.2, -0.15) is 0 Å². The van der Waals surface area contributed by atoms with Gasteiger partial charge in [0.1, 0.15) is 12.8 Å². The van der Waals surface area contributed by atoms with Gasteiger partial charge in [-0.3, -0.25) is 9.59 Å². The molecule has 0 bridgehead atoms. The molecule has 1 aromatic carbocycles. The summed E-state index contributed by atoms with van der Waals surface area (Å²) < 4.78 is 46.4. The SMILES string of the molecule is Cc1cccc(Cc2ccc([C@H]3O[C@@H]4C[C@H]5[C@@H]6C[C@H](F)C7=CC(=O)C=C[C@]7(C)[C@@]6(F)[C@@H](O)C[C@]5(C)[C@]4(C(=O)CO)O3)s2)c1. The lowest BCUT2D eigenvalue weighted by Crippen LogP contribution is -2.70. The monoisotopic (exact) mass is 610 g/mol. The molecule has 2 heterocycles. The van der Waals surface area contributed by atoms with Gasteiger partial charge >= 0.3 is 0 Å². The number of benzene rings is 1. The minimum Gasteiger partial charge on any atom is -0.390 e. The van der Waals surface area contributed by atoms with Crippen LogP contribution >= 0.6 is 11.3 Å². The number of allylic oxidation sites excluding steroid dienone is 4. The minimum absolute atomic E-state index is 0.0486. The lowest BCUT2D eigenvalue weighted by Gasteiger charge is -2.63. The van der Waals surface area contributed by atoms with Crippen LogP contribution in [0.5, 0.6) is 0 Å². The molecule has 1 aliphatic heterocycles. The van der Waals surface area contributed by atoms with Crippen LogP contribution in [0.2, 0.25) is 0 Å². The topological polar surface area (TPSA) is 93.1 Å². The van der Waals surface area contributed by atoms with Crippen molar-refractivity contribution in [3.05, 3.63) is 81.1 Å². The van der Waals surface area contributed by atoms with Crippen molar-refractivity contribution < 1.29 is 38.1 Å². The first-order valence-electron chi connectivity index (χ1n) is 15.0. The maximum Gasteiger partial charge on any atom is 0.194 e.